The molecule has 4 N–H and O–H groups in total. The molecule has 1 aromatic heterocycles. The maximum Gasteiger partial charge on any atom is 0.407 e. The average Bonchev–Trinajstić information content (AvgIpc) is 2.26. The van der Waals surface area contributed by atoms with Crippen molar-refractivity contribution in [3.05, 3.63) is 28.9 Å². The number of nitrogens with zero attached hydrogens (tertiary/aromatic N) is 2. The van der Waals surface area contributed by atoms with Crippen molar-refractivity contribution in [2.75, 3.05) is 12.3 Å². The number of hydrogen-bond donors (Lipinski definition) is 2. The van der Waals surface area contributed by atoms with Crippen LogP contribution in [-0.4, -0.2) is 23.9 Å². The lowest BCUT2D eigenvalue weighted by Gasteiger charge is -2.02. The van der Waals surface area contributed by atoms with Gasteiger partial charge in [0.1, 0.15) is 12.4 Å². The highest BCUT2D eigenvalue weighted by molar-refractivity contribution is 6.32. The second kappa shape index (κ2) is 5.72. The molecule has 0 atom stereocenters. The van der Waals surface area contributed by atoms with Crippen LogP contribution >= 0.6 is 11.6 Å². The fraction of sp³-hybridized carbons (Fsp3) is 0.200. The minimum absolute atomic E-state index is 0.152. The number of nitrogen functional groups attached to an aromatic ring is 1. The minimum Gasteiger partial charge on any atom is -0.398 e. The summed E-state index contributed by atoms with van der Waals surface area (Å²) in [6.07, 6.45) is -0.752. The lowest BCUT2D eigenvalue weighted by Crippen LogP contribution is -2.11. The first-order valence-corrected chi connectivity index (χ1v) is 5.11. The zero-order valence-corrected chi connectivity index (χ0v) is 9.83. The van der Waals surface area contributed by atoms with Gasteiger partial charge in [0, 0.05) is 23.7 Å². The van der Waals surface area contributed by atoms with E-state index in [1.54, 1.807) is 0 Å². The zero-order chi connectivity index (χ0) is 13.8. The maximum atomic E-state index is 11.8. The Morgan fingerprint density at radius 1 is 1.50 bits per heavy atom. The first kappa shape index (κ1) is 14.3. The molecule has 0 spiro atoms. The number of aliphatic imine (C=N–C) groups is 1. The Kier molecular flexibility index (Phi) is 4.55. The Morgan fingerprint density at radius 3 is 2.72 bits per heavy atom. The van der Waals surface area contributed by atoms with E-state index in [-0.39, 0.29) is 16.5 Å². The van der Waals surface area contributed by atoms with Crippen LogP contribution in [0.25, 0.3) is 5.70 Å². The Bertz CT molecular complexity index is 483. The largest absolute Gasteiger partial charge is 0.407 e. The van der Waals surface area contributed by atoms with Crippen LogP contribution in [0, 0.1) is 0 Å². The average molecular weight is 279 g/mol. The van der Waals surface area contributed by atoms with Crippen molar-refractivity contribution in [2.45, 2.75) is 6.18 Å². The van der Waals surface area contributed by atoms with E-state index in [0.29, 0.717) is 5.56 Å². The predicted molar refractivity (Wildman–Crippen MR) is 65.2 cm³/mol. The van der Waals surface area contributed by atoms with Crippen molar-refractivity contribution in [1.29, 1.82) is 0 Å². The molecule has 0 aliphatic carbocycles. The molecule has 0 aliphatic rings. The van der Waals surface area contributed by atoms with Gasteiger partial charge in [0.2, 0.25) is 0 Å². The van der Waals surface area contributed by atoms with E-state index >= 15 is 0 Å². The number of allylic oxidation sites excluding steroid dienone is 1. The molecule has 0 bridgehead atoms. The molecular formula is C10H10ClF3N4. The molecule has 1 heterocycles. The van der Waals surface area contributed by atoms with Gasteiger partial charge in [-0.25, -0.2) is 4.98 Å². The highest BCUT2D eigenvalue weighted by Gasteiger charge is 2.25. The van der Waals surface area contributed by atoms with Crippen molar-refractivity contribution in [2.24, 2.45) is 10.7 Å². The third kappa shape index (κ3) is 4.62. The Labute approximate surface area is 106 Å². The quantitative estimate of drug-likeness (QED) is 0.833. The second-order valence-electron chi connectivity index (χ2n) is 3.32. The summed E-state index contributed by atoms with van der Waals surface area (Å²) in [7, 11) is 0. The summed E-state index contributed by atoms with van der Waals surface area (Å²) in [4.78, 5) is 6.93. The van der Waals surface area contributed by atoms with Gasteiger partial charge in [-0.15, -0.1) is 0 Å². The molecule has 0 saturated heterocycles. The highest BCUT2D eigenvalue weighted by atomic mass is 35.5. The summed E-state index contributed by atoms with van der Waals surface area (Å²) in [6.45, 7) is -1.25. The van der Waals surface area contributed by atoms with Crippen LogP contribution < -0.4 is 11.5 Å². The summed E-state index contributed by atoms with van der Waals surface area (Å²) < 4.78 is 35.4. The summed E-state index contributed by atoms with van der Waals surface area (Å²) in [5.74, 6) is 0.152. The first-order chi connectivity index (χ1) is 8.29. The van der Waals surface area contributed by atoms with Crippen molar-refractivity contribution >= 4 is 29.3 Å². The van der Waals surface area contributed by atoms with E-state index in [2.05, 4.69) is 9.98 Å². The molecule has 8 heteroatoms. The Hall–Kier alpha value is -1.76. The zero-order valence-electron chi connectivity index (χ0n) is 9.08. The van der Waals surface area contributed by atoms with Gasteiger partial charge in [-0.2, -0.15) is 13.2 Å². The monoisotopic (exact) mass is 278 g/mol. The van der Waals surface area contributed by atoms with E-state index < -0.39 is 12.7 Å². The summed E-state index contributed by atoms with van der Waals surface area (Å²) in [5.41, 5.74) is 11.7. The number of aromatic nitrogens is 1. The maximum absolute atomic E-state index is 11.8. The third-order valence-electron chi connectivity index (χ3n) is 1.83. The molecule has 18 heavy (non-hydrogen) atoms. The van der Waals surface area contributed by atoms with Gasteiger partial charge in [0.15, 0.2) is 0 Å². The van der Waals surface area contributed by atoms with Gasteiger partial charge in [-0.1, -0.05) is 11.6 Å². The number of hydrogen-bond acceptors (Lipinski definition) is 4. The topological polar surface area (TPSA) is 77.3 Å². The van der Waals surface area contributed by atoms with Gasteiger partial charge in [0.25, 0.3) is 0 Å². The molecular weight excluding hydrogens is 269 g/mol. The van der Waals surface area contributed by atoms with Crippen LogP contribution in [0.3, 0.4) is 0 Å². The Morgan fingerprint density at radius 2 is 2.17 bits per heavy atom. The molecule has 0 amide bonds. The van der Waals surface area contributed by atoms with Crippen molar-refractivity contribution in [3.8, 4) is 0 Å². The van der Waals surface area contributed by atoms with Crippen LogP contribution in [0.15, 0.2) is 23.3 Å². The molecule has 4 nitrogen and oxygen atoms in total. The Balaban J connectivity index is 2.74. The standard InChI is InChI=1S/C10H10ClF3N4/c11-7-3-6(4-18-9(7)16)8(15)1-2-17-5-10(12,13)14/h1-4H,5,15H2,(H2,16,18). The summed E-state index contributed by atoms with van der Waals surface area (Å²) in [5, 5.41) is 0.219. The molecule has 0 unspecified atom stereocenters. The first-order valence-electron chi connectivity index (χ1n) is 4.73. The smallest absolute Gasteiger partial charge is 0.398 e. The SMILES string of the molecule is NC(=CC=NCC(F)(F)F)c1cnc(N)c(Cl)c1. The fourth-order valence-electron chi connectivity index (χ4n) is 0.992. The van der Waals surface area contributed by atoms with Crippen molar-refractivity contribution < 1.29 is 13.2 Å². The third-order valence-corrected chi connectivity index (χ3v) is 2.14. The van der Waals surface area contributed by atoms with E-state index in [9.17, 15) is 13.2 Å². The second-order valence-corrected chi connectivity index (χ2v) is 3.73. The summed E-state index contributed by atoms with van der Waals surface area (Å²) >= 11 is 5.73. The molecule has 0 radical (unpaired) electrons. The molecule has 0 fully saturated rings. The molecule has 1 aromatic rings. The van der Waals surface area contributed by atoms with E-state index in [1.807, 2.05) is 0 Å². The molecule has 1 rings (SSSR count). The number of rotatable bonds is 3. The summed E-state index contributed by atoms with van der Waals surface area (Å²) in [6, 6.07) is 1.47. The van der Waals surface area contributed by atoms with Crippen LogP contribution in [0.5, 0.6) is 0 Å². The van der Waals surface area contributed by atoms with Crippen molar-refractivity contribution in [3.63, 3.8) is 0 Å². The van der Waals surface area contributed by atoms with Gasteiger partial charge >= 0.3 is 6.18 Å². The van der Waals surface area contributed by atoms with Crippen molar-refractivity contribution in [1.82, 2.24) is 4.98 Å². The number of anilines is 1. The van der Waals surface area contributed by atoms with Crippen LogP contribution in [0.1, 0.15) is 5.56 Å². The van der Waals surface area contributed by atoms with Crippen LogP contribution in [-0.2, 0) is 0 Å². The lowest BCUT2D eigenvalue weighted by molar-refractivity contribution is -0.118. The van der Waals surface area contributed by atoms with E-state index in [1.165, 1.54) is 18.3 Å². The number of nitrogens with two attached hydrogens (primary N) is 2. The molecule has 0 aliphatic heterocycles. The lowest BCUT2D eigenvalue weighted by atomic mass is 10.2. The van der Waals surface area contributed by atoms with Gasteiger partial charge in [-0.05, 0) is 12.1 Å². The normalized spacial score (nSPS) is 13.2. The predicted octanol–water partition coefficient (Wildman–Crippen LogP) is 2.25. The molecule has 98 valence electrons. The number of halogens is 4. The van der Waals surface area contributed by atoms with Crippen LogP contribution in [0.2, 0.25) is 5.02 Å². The van der Waals surface area contributed by atoms with E-state index in [4.69, 9.17) is 23.1 Å². The van der Waals surface area contributed by atoms with Crippen LogP contribution in [0.4, 0.5) is 19.0 Å². The minimum atomic E-state index is -4.33. The number of pyridine rings is 1. The van der Waals surface area contributed by atoms with Gasteiger partial charge in [-0.3, -0.25) is 4.99 Å². The van der Waals surface area contributed by atoms with Gasteiger partial charge < -0.3 is 11.5 Å². The molecule has 0 saturated carbocycles. The van der Waals surface area contributed by atoms with E-state index in [0.717, 1.165) is 6.21 Å². The fourth-order valence-corrected chi connectivity index (χ4v) is 1.16. The highest BCUT2D eigenvalue weighted by Crippen LogP contribution is 2.19. The van der Waals surface area contributed by atoms with Gasteiger partial charge in [0.05, 0.1) is 5.02 Å². The number of alkyl halides is 3. The molecule has 0 aromatic carbocycles.